The van der Waals surface area contributed by atoms with E-state index < -0.39 is 0 Å². The van der Waals surface area contributed by atoms with Gasteiger partial charge in [0.15, 0.2) is 11.0 Å². The molecule has 1 saturated carbocycles. The van der Waals surface area contributed by atoms with E-state index in [4.69, 9.17) is 0 Å². The van der Waals surface area contributed by atoms with E-state index in [1.54, 1.807) is 18.2 Å². The van der Waals surface area contributed by atoms with Crippen molar-refractivity contribution in [2.24, 2.45) is 5.92 Å². The minimum Gasteiger partial charge on any atom is -0.353 e. The van der Waals surface area contributed by atoms with Crippen LogP contribution in [0.25, 0.3) is 11.4 Å². The number of carbonyl (C=O) groups excluding carboxylic acids is 1. The summed E-state index contributed by atoms with van der Waals surface area (Å²) in [6.07, 6.45) is 4.14. The highest BCUT2D eigenvalue weighted by Gasteiger charge is 2.28. The number of benzene rings is 1. The highest BCUT2D eigenvalue weighted by atomic mass is 32.2. The maximum Gasteiger partial charge on any atom is 0.230 e. The van der Waals surface area contributed by atoms with Gasteiger partial charge in [-0.25, -0.2) is 4.39 Å². The minimum atomic E-state index is -0.297. The molecular weight excluding hydrogens is 339 g/mol. The summed E-state index contributed by atoms with van der Waals surface area (Å²) < 4.78 is 15.0. The van der Waals surface area contributed by atoms with Gasteiger partial charge in [0.25, 0.3) is 0 Å². The third-order valence-corrected chi connectivity index (χ3v) is 5.15. The Balaban J connectivity index is 1.69. The molecule has 0 spiro atoms. The average molecular weight is 360 g/mol. The van der Waals surface area contributed by atoms with Crippen LogP contribution in [0, 0.1) is 11.7 Å². The summed E-state index contributed by atoms with van der Waals surface area (Å²) in [5, 5.41) is 12.1. The maximum absolute atomic E-state index is 13.1. The Labute approximate surface area is 150 Å². The third-order valence-electron chi connectivity index (χ3n) is 4.18. The Morgan fingerprint density at radius 2 is 2.16 bits per heavy atom. The van der Waals surface area contributed by atoms with Crippen LogP contribution in [0.4, 0.5) is 4.39 Å². The van der Waals surface area contributed by atoms with Crippen LogP contribution in [0.1, 0.15) is 19.8 Å². The van der Waals surface area contributed by atoms with Gasteiger partial charge in [-0.3, -0.25) is 9.36 Å². The number of carbonyl (C=O) groups is 1. The van der Waals surface area contributed by atoms with Gasteiger partial charge < -0.3 is 5.32 Å². The van der Waals surface area contributed by atoms with E-state index in [2.05, 4.69) is 22.1 Å². The second-order valence-corrected chi connectivity index (χ2v) is 7.14. The van der Waals surface area contributed by atoms with Gasteiger partial charge in [-0.1, -0.05) is 17.8 Å². The molecule has 1 aromatic heterocycles. The molecule has 1 atom stereocenters. The van der Waals surface area contributed by atoms with Crippen molar-refractivity contribution in [3.8, 4) is 11.4 Å². The molecule has 5 nitrogen and oxygen atoms in total. The second-order valence-electron chi connectivity index (χ2n) is 6.19. The molecule has 1 aromatic carbocycles. The number of amides is 1. The van der Waals surface area contributed by atoms with Gasteiger partial charge in [-0.15, -0.1) is 16.8 Å². The van der Waals surface area contributed by atoms with Crippen LogP contribution in [-0.2, 0) is 11.3 Å². The standard InChI is InChI=1S/C18H21FN4OS/c1-3-10-23-17(14-6-8-15(19)9-7-14)21-22-18(23)25-11-16(24)20-12(2)13-4-5-13/h3,6-9,12-13H,1,4-5,10-11H2,2H3,(H,20,24)/t12-/m0/s1. The Morgan fingerprint density at radius 1 is 1.44 bits per heavy atom. The van der Waals surface area contributed by atoms with Crippen molar-refractivity contribution in [2.75, 3.05) is 5.75 Å². The SMILES string of the molecule is C=CCn1c(SCC(=O)N[C@@H](C)C2CC2)nnc1-c1ccc(F)cc1. The van der Waals surface area contributed by atoms with Gasteiger partial charge >= 0.3 is 0 Å². The quantitative estimate of drug-likeness (QED) is 0.580. The van der Waals surface area contributed by atoms with E-state index in [0.29, 0.717) is 23.4 Å². The molecule has 1 amide bonds. The summed E-state index contributed by atoms with van der Waals surface area (Å²) in [4.78, 5) is 12.1. The third kappa shape index (κ3) is 4.48. The lowest BCUT2D eigenvalue weighted by atomic mass is 10.2. The fraction of sp³-hybridized carbons (Fsp3) is 0.389. The van der Waals surface area contributed by atoms with Gasteiger partial charge in [0.1, 0.15) is 5.82 Å². The number of thioether (sulfide) groups is 1. The molecule has 1 fully saturated rings. The highest BCUT2D eigenvalue weighted by Crippen LogP contribution is 2.32. The van der Waals surface area contributed by atoms with E-state index >= 15 is 0 Å². The van der Waals surface area contributed by atoms with Crippen LogP contribution in [0.3, 0.4) is 0 Å². The maximum atomic E-state index is 13.1. The Hall–Kier alpha value is -2.15. The molecule has 1 heterocycles. The van der Waals surface area contributed by atoms with Crippen LogP contribution in [-0.4, -0.2) is 32.5 Å². The summed E-state index contributed by atoms with van der Waals surface area (Å²) in [5.74, 6) is 1.25. The molecule has 0 bridgehead atoms. The first-order valence-corrected chi connectivity index (χ1v) is 9.29. The lowest BCUT2D eigenvalue weighted by Gasteiger charge is -2.12. The lowest BCUT2D eigenvalue weighted by molar-refractivity contribution is -0.119. The molecule has 1 aliphatic rings. The molecular formula is C18H21FN4OS. The van der Waals surface area contributed by atoms with Crippen LogP contribution >= 0.6 is 11.8 Å². The summed E-state index contributed by atoms with van der Waals surface area (Å²) in [5.41, 5.74) is 0.773. The van der Waals surface area contributed by atoms with Crippen LogP contribution < -0.4 is 5.32 Å². The van der Waals surface area contributed by atoms with Crippen LogP contribution in [0.15, 0.2) is 42.1 Å². The molecule has 3 rings (SSSR count). The molecule has 132 valence electrons. The summed E-state index contributed by atoms with van der Waals surface area (Å²) in [6.45, 7) is 6.33. The average Bonchev–Trinajstić information content (AvgIpc) is 3.37. The number of hydrogen-bond acceptors (Lipinski definition) is 4. The highest BCUT2D eigenvalue weighted by molar-refractivity contribution is 7.99. The Bertz CT molecular complexity index is 755. The topological polar surface area (TPSA) is 59.8 Å². The van der Waals surface area contributed by atoms with E-state index in [-0.39, 0.29) is 23.5 Å². The molecule has 0 aliphatic heterocycles. The zero-order chi connectivity index (χ0) is 17.8. The van der Waals surface area contributed by atoms with Crippen molar-refractivity contribution in [3.05, 3.63) is 42.7 Å². The number of aromatic nitrogens is 3. The van der Waals surface area contributed by atoms with Gasteiger partial charge in [0.05, 0.1) is 5.75 Å². The van der Waals surface area contributed by atoms with Gasteiger partial charge in [-0.2, -0.15) is 0 Å². The molecule has 1 aliphatic carbocycles. The first-order chi connectivity index (χ1) is 12.1. The minimum absolute atomic E-state index is 0.000820. The summed E-state index contributed by atoms with van der Waals surface area (Å²) in [7, 11) is 0. The van der Waals surface area contributed by atoms with Gasteiger partial charge in [0, 0.05) is 18.2 Å². The van der Waals surface area contributed by atoms with Crippen molar-refractivity contribution in [2.45, 2.75) is 37.5 Å². The Morgan fingerprint density at radius 3 is 2.80 bits per heavy atom. The number of halogens is 1. The molecule has 2 aromatic rings. The van der Waals surface area contributed by atoms with Crippen molar-refractivity contribution < 1.29 is 9.18 Å². The first-order valence-electron chi connectivity index (χ1n) is 8.30. The monoisotopic (exact) mass is 360 g/mol. The van der Waals surface area contributed by atoms with E-state index in [9.17, 15) is 9.18 Å². The molecule has 25 heavy (non-hydrogen) atoms. The van der Waals surface area contributed by atoms with Crippen molar-refractivity contribution in [1.29, 1.82) is 0 Å². The van der Waals surface area contributed by atoms with E-state index in [1.807, 2.05) is 11.5 Å². The fourth-order valence-electron chi connectivity index (χ4n) is 2.64. The van der Waals surface area contributed by atoms with Crippen molar-refractivity contribution in [1.82, 2.24) is 20.1 Å². The lowest BCUT2D eigenvalue weighted by Crippen LogP contribution is -2.35. The van der Waals surface area contributed by atoms with Crippen molar-refractivity contribution in [3.63, 3.8) is 0 Å². The van der Waals surface area contributed by atoms with Crippen molar-refractivity contribution >= 4 is 17.7 Å². The van der Waals surface area contributed by atoms with Gasteiger partial charge in [0.2, 0.25) is 5.91 Å². The van der Waals surface area contributed by atoms with Gasteiger partial charge in [-0.05, 0) is 49.9 Å². The predicted molar refractivity (Wildman–Crippen MR) is 96.7 cm³/mol. The van der Waals surface area contributed by atoms with Crippen LogP contribution in [0.2, 0.25) is 0 Å². The predicted octanol–water partition coefficient (Wildman–Crippen LogP) is 3.28. The number of hydrogen-bond donors (Lipinski definition) is 1. The number of nitrogens with one attached hydrogen (secondary N) is 1. The molecule has 7 heteroatoms. The number of rotatable bonds is 8. The molecule has 0 unspecified atom stereocenters. The molecule has 0 radical (unpaired) electrons. The second kappa shape index (κ2) is 7.82. The fourth-order valence-corrected chi connectivity index (χ4v) is 3.40. The normalized spacial score (nSPS) is 15.0. The molecule has 1 N–H and O–H groups in total. The summed E-state index contributed by atoms with van der Waals surface area (Å²) >= 11 is 1.34. The number of allylic oxidation sites excluding steroid dienone is 1. The Kier molecular flexibility index (Phi) is 5.53. The zero-order valence-electron chi connectivity index (χ0n) is 14.1. The number of nitrogens with zero attached hydrogens (tertiary/aromatic N) is 3. The largest absolute Gasteiger partial charge is 0.353 e. The van der Waals surface area contributed by atoms with E-state index in [1.165, 1.54) is 36.7 Å². The van der Waals surface area contributed by atoms with Crippen LogP contribution in [0.5, 0.6) is 0 Å². The zero-order valence-corrected chi connectivity index (χ0v) is 14.9. The summed E-state index contributed by atoms with van der Waals surface area (Å²) in [6, 6.07) is 6.34. The van der Waals surface area contributed by atoms with E-state index in [0.717, 1.165) is 5.56 Å². The molecule has 0 saturated heterocycles. The smallest absolute Gasteiger partial charge is 0.230 e. The first kappa shape index (κ1) is 17.7.